The van der Waals surface area contributed by atoms with Gasteiger partial charge in [0.15, 0.2) is 0 Å². The second-order valence-corrected chi connectivity index (χ2v) is 5.17. The number of fused-ring (bicyclic) bond motifs is 1. The molecule has 1 N–H and O–H groups in total. The molecule has 2 aromatic carbocycles. The molecule has 1 aliphatic heterocycles. The van der Waals surface area contributed by atoms with Crippen molar-refractivity contribution in [2.75, 3.05) is 16.8 Å². The van der Waals surface area contributed by atoms with Crippen molar-refractivity contribution in [2.45, 2.75) is 12.8 Å². The lowest BCUT2D eigenvalue weighted by atomic mass is 10.1. The van der Waals surface area contributed by atoms with Crippen LogP contribution in [0.4, 0.5) is 15.8 Å². The molecule has 0 spiro atoms. The number of hydrogen-bond donors (Lipinski definition) is 1. The zero-order chi connectivity index (χ0) is 15.5. The van der Waals surface area contributed by atoms with Crippen LogP contribution in [-0.2, 0) is 16.0 Å². The van der Waals surface area contributed by atoms with Crippen molar-refractivity contribution < 1.29 is 14.0 Å². The fourth-order valence-electron chi connectivity index (χ4n) is 2.49. The Labute approximate surface area is 127 Å². The van der Waals surface area contributed by atoms with Gasteiger partial charge in [-0.15, -0.1) is 0 Å². The summed E-state index contributed by atoms with van der Waals surface area (Å²) < 4.78 is 12.9. The fraction of sp³-hybridized carbons (Fsp3) is 0.176. The van der Waals surface area contributed by atoms with E-state index in [4.69, 9.17) is 0 Å². The summed E-state index contributed by atoms with van der Waals surface area (Å²) in [5.41, 5.74) is 2.25. The number of amides is 2. The molecule has 2 amide bonds. The van der Waals surface area contributed by atoms with Crippen molar-refractivity contribution in [1.82, 2.24) is 0 Å². The Hall–Kier alpha value is -2.69. The van der Waals surface area contributed by atoms with Crippen LogP contribution in [0, 0.1) is 5.82 Å². The van der Waals surface area contributed by atoms with E-state index in [0.29, 0.717) is 17.8 Å². The van der Waals surface area contributed by atoms with Gasteiger partial charge in [-0.05, 0) is 36.2 Å². The fourth-order valence-corrected chi connectivity index (χ4v) is 2.49. The van der Waals surface area contributed by atoms with Crippen LogP contribution in [0.3, 0.4) is 0 Å². The minimum atomic E-state index is -0.295. The van der Waals surface area contributed by atoms with Gasteiger partial charge >= 0.3 is 0 Å². The average molecular weight is 298 g/mol. The summed E-state index contributed by atoms with van der Waals surface area (Å²) in [4.78, 5) is 25.6. The average Bonchev–Trinajstić information content (AvgIpc) is 2.53. The number of anilines is 2. The van der Waals surface area contributed by atoms with E-state index >= 15 is 0 Å². The summed E-state index contributed by atoms with van der Waals surface area (Å²) in [6.07, 6.45) is 0.784. The minimum Gasteiger partial charge on any atom is -0.323 e. The SMILES string of the molecule is O=C1CN(C(=O)CCc2ccc(F)cc2)c2ccccc2N1. The van der Waals surface area contributed by atoms with Gasteiger partial charge in [-0.2, -0.15) is 0 Å². The number of carbonyl (C=O) groups is 2. The van der Waals surface area contributed by atoms with Gasteiger partial charge in [0.05, 0.1) is 11.4 Å². The molecule has 22 heavy (non-hydrogen) atoms. The molecule has 5 heteroatoms. The molecular formula is C17H15FN2O2. The Morgan fingerprint density at radius 1 is 1.14 bits per heavy atom. The van der Waals surface area contributed by atoms with Gasteiger partial charge in [-0.1, -0.05) is 24.3 Å². The van der Waals surface area contributed by atoms with E-state index in [-0.39, 0.29) is 30.6 Å². The highest BCUT2D eigenvalue weighted by atomic mass is 19.1. The molecule has 1 aliphatic rings. The van der Waals surface area contributed by atoms with Gasteiger partial charge in [0.2, 0.25) is 11.8 Å². The molecule has 0 saturated heterocycles. The van der Waals surface area contributed by atoms with Crippen LogP contribution in [0.2, 0.25) is 0 Å². The Kier molecular flexibility index (Phi) is 3.87. The van der Waals surface area contributed by atoms with Crippen molar-refractivity contribution in [3.8, 4) is 0 Å². The number of nitrogens with one attached hydrogen (secondary N) is 1. The van der Waals surface area contributed by atoms with Crippen molar-refractivity contribution >= 4 is 23.2 Å². The summed E-state index contributed by atoms with van der Waals surface area (Å²) in [5.74, 6) is -0.614. The largest absolute Gasteiger partial charge is 0.323 e. The van der Waals surface area contributed by atoms with E-state index in [1.807, 2.05) is 18.2 Å². The third-order valence-electron chi connectivity index (χ3n) is 3.61. The first-order chi connectivity index (χ1) is 10.6. The van der Waals surface area contributed by atoms with Crippen LogP contribution in [0.5, 0.6) is 0 Å². The summed E-state index contributed by atoms with van der Waals surface area (Å²) in [6, 6.07) is 13.3. The molecule has 3 rings (SSSR count). The number of aryl methyl sites for hydroxylation is 1. The molecule has 0 radical (unpaired) electrons. The van der Waals surface area contributed by atoms with Crippen molar-refractivity contribution in [2.24, 2.45) is 0 Å². The van der Waals surface area contributed by atoms with E-state index in [1.165, 1.54) is 17.0 Å². The van der Waals surface area contributed by atoms with Crippen LogP contribution in [0.15, 0.2) is 48.5 Å². The maximum Gasteiger partial charge on any atom is 0.244 e. The maximum absolute atomic E-state index is 12.9. The van der Waals surface area contributed by atoms with E-state index < -0.39 is 0 Å². The predicted octanol–water partition coefficient (Wildman–Crippen LogP) is 2.74. The number of nitrogens with zero attached hydrogens (tertiary/aromatic N) is 1. The first kappa shape index (κ1) is 14.3. The molecule has 2 aromatic rings. The second kappa shape index (κ2) is 5.97. The lowest BCUT2D eigenvalue weighted by molar-refractivity contribution is -0.121. The van der Waals surface area contributed by atoms with Gasteiger partial charge in [0, 0.05) is 6.42 Å². The van der Waals surface area contributed by atoms with Gasteiger partial charge in [0.1, 0.15) is 12.4 Å². The van der Waals surface area contributed by atoms with Gasteiger partial charge in [-0.3, -0.25) is 9.59 Å². The third kappa shape index (κ3) is 2.98. The van der Waals surface area contributed by atoms with E-state index in [1.54, 1.807) is 18.2 Å². The Balaban J connectivity index is 1.72. The van der Waals surface area contributed by atoms with E-state index in [0.717, 1.165) is 5.56 Å². The highest BCUT2D eigenvalue weighted by molar-refractivity contribution is 6.09. The third-order valence-corrected chi connectivity index (χ3v) is 3.61. The smallest absolute Gasteiger partial charge is 0.244 e. The number of benzene rings is 2. The summed E-state index contributed by atoms with van der Waals surface area (Å²) >= 11 is 0. The summed E-state index contributed by atoms with van der Waals surface area (Å²) in [7, 11) is 0. The molecule has 0 aromatic heterocycles. The molecule has 0 unspecified atom stereocenters. The van der Waals surface area contributed by atoms with Crippen molar-refractivity contribution in [3.63, 3.8) is 0 Å². The molecule has 0 saturated carbocycles. The Bertz CT molecular complexity index is 713. The first-order valence-electron chi connectivity index (χ1n) is 7.07. The molecule has 0 fully saturated rings. The molecule has 0 atom stereocenters. The van der Waals surface area contributed by atoms with Crippen LogP contribution in [-0.4, -0.2) is 18.4 Å². The van der Waals surface area contributed by atoms with Crippen LogP contribution < -0.4 is 10.2 Å². The maximum atomic E-state index is 12.9. The Morgan fingerprint density at radius 3 is 2.64 bits per heavy atom. The van der Waals surface area contributed by atoms with Gasteiger partial charge in [-0.25, -0.2) is 4.39 Å². The normalized spacial score (nSPS) is 13.5. The summed E-state index contributed by atoms with van der Waals surface area (Å²) in [5, 5.41) is 2.75. The lowest BCUT2D eigenvalue weighted by Crippen LogP contribution is -2.42. The zero-order valence-electron chi connectivity index (χ0n) is 11.9. The van der Waals surface area contributed by atoms with E-state index in [9.17, 15) is 14.0 Å². The highest BCUT2D eigenvalue weighted by Gasteiger charge is 2.26. The monoisotopic (exact) mass is 298 g/mol. The number of halogens is 1. The minimum absolute atomic E-state index is 0.0270. The molecular weight excluding hydrogens is 283 g/mol. The number of carbonyl (C=O) groups excluding carboxylic acids is 2. The molecule has 1 heterocycles. The Morgan fingerprint density at radius 2 is 1.86 bits per heavy atom. The summed E-state index contributed by atoms with van der Waals surface area (Å²) in [6.45, 7) is 0.0270. The zero-order valence-corrected chi connectivity index (χ0v) is 11.9. The first-order valence-corrected chi connectivity index (χ1v) is 7.07. The number of rotatable bonds is 3. The standard InChI is InChI=1S/C17H15FN2O2/c18-13-8-5-12(6-9-13)7-10-17(22)20-11-16(21)19-14-3-1-2-4-15(14)20/h1-6,8-9H,7,10-11H2,(H,19,21). The van der Waals surface area contributed by atoms with Gasteiger partial charge < -0.3 is 10.2 Å². The van der Waals surface area contributed by atoms with E-state index in [2.05, 4.69) is 5.32 Å². The quantitative estimate of drug-likeness (QED) is 0.947. The molecule has 112 valence electrons. The molecule has 0 bridgehead atoms. The number of hydrogen-bond acceptors (Lipinski definition) is 2. The second-order valence-electron chi connectivity index (χ2n) is 5.17. The predicted molar refractivity (Wildman–Crippen MR) is 82.1 cm³/mol. The topological polar surface area (TPSA) is 49.4 Å². The van der Waals surface area contributed by atoms with Crippen LogP contribution in [0.25, 0.3) is 0 Å². The van der Waals surface area contributed by atoms with Crippen LogP contribution in [0.1, 0.15) is 12.0 Å². The van der Waals surface area contributed by atoms with Crippen LogP contribution >= 0.6 is 0 Å². The number of para-hydroxylation sites is 2. The van der Waals surface area contributed by atoms with Gasteiger partial charge in [0.25, 0.3) is 0 Å². The highest BCUT2D eigenvalue weighted by Crippen LogP contribution is 2.29. The van der Waals surface area contributed by atoms with Crippen molar-refractivity contribution in [1.29, 1.82) is 0 Å². The lowest BCUT2D eigenvalue weighted by Gasteiger charge is -2.29. The van der Waals surface area contributed by atoms with Crippen molar-refractivity contribution in [3.05, 3.63) is 59.9 Å². The molecule has 0 aliphatic carbocycles. The molecule has 4 nitrogen and oxygen atoms in total.